The molecule has 9 nitrogen and oxygen atoms in total. The van der Waals surface area contributed by atoms with Crippen LogP contribution in [0.3, 0.4) is 0 Å². The molecule has 2 aromatic heterocycles. The number of carboxylic acids is 1. The molecule has 0 amide bonds. The van der Waals surface area contributed by atoms with Crippen molar-refractivity contribution in [2.24, 2.45) is 0 Å². The Bertz CT molecular complexity index is 990. The third-order valence-corrected chi connectivity index (χ3v) is 3.12. The molecule has 3 aromatic rings. The van der Waals surface area contributed by atoms with Gasteiger partial charge < -0.3 is 20.1 Å². The molecule has 0 fully saturated rings. The molecule has 0 aliphatic heterocycles. The van der Waals surface area contributed by atoms with E-state index in [4.69, 9.17) is 5.11 Å². The Morgan fingerprint density at radius 1 is 1.35 bits per heavy atom. The zero-order valence-electron chi connectivity index (χ0n) is 11.5. The van der Waals surface area contributed by atoms with Crippen molar-refractivity contribution in [1.29, 1.82) is 0 Å². The first kappa shape index (κ1) is 16.1. The fraction of sp³-hybridized carbons (Fsp3) is 0.0769. The fourth-order valence-corrected chi connectivity index (χ4v) is 2.17. The Morgan fingerprint density at radius 3 is 2.70 bits per heavy atom. The molecule has 3 rings (SSSR count). The summed E-state index contributed by atoms with van der Waals surface area (Å²) in [5, 5.41) is 8.89. The number of carbonyl (C=O) groups is 1. The molecule has 0 saturated carbocycles. The summed E-state index contributed by atoms with van der Waals surface area (Å²) in [6, 6.07) is 2.32. The van der Waals surface area contributed by atoms with Crippen LogP contribution in [-0.2, 0) is 11.3 Å². The first-order valence-electron chi connectivity index (χ1n) is 6.14. The smallest absolute Gasteiger partial charge is 0.323 e. The number of rotatable bonds is 3. The van der Waals surface area contributed by atoms with Crippen LogP contribution in [0, 0.1) is 5.82 Å². The number of imidazole rings is 1. The standard InChI is InChI=1S/C13H9FN4O4.H2O/c14-7-3-8-10(4-9(7)17-2-1-15-6-17)18(5-11(19)20)13(22)12(21)16-8;/h1-4,6H,5H2,(H,16,21)(H,19,20);1H2. The summed E-state index contributed by atoms with van der Waals surface area (Å²) >= 11 is 0. The SMILES string of the molecule is O.O=C(O)Cn1c(=O)c(=O)[nH]c2cc(F)c(-n3ccnc3)cc21. The largest absolute Gasteiger partial charge is 0.480 e. The second kappa shape index (κ2) is 5.85. The number of fused-ring (bicyclic) bond motifs is 1. The van der Waals surface area contributed by atoms with Crippen molar-refractivity contribution in [3.05, 3.63) is 57.4 Å². The summed E-state index contributed by atoms with van der Waals surface area (Å²) in [7, 11) is 0. The van der Waals surface area contributed by atoms with E-state index in [0.29, 0.717) is 0 Å². The zero-order chi connectivity index (χ0) is 15.9. The monoisotopic (exact) mass is 322 g/mol. The van der Waals surface area contributed by atoms with Crippen LogP contribution in [0.25, 0.3) is 16.7 Å². The van der Waals surface area contributed by atoms with Gasteiger partial charge in [0, 0.05) is 18.5 Å². The number of aromatic amines is 1. The second-order valence-electron chi connectivity index (χ2n) is 4.53. The fourth-order valence-electron chi connectivity index (χ4n) is 2.17. The van der Waals surface area contributed by atoms with E-state index in [2.05, 4.69) is 9.97 Å². The Hall–Kier alpha value is -3.27. The van der Waals surface area contributed by atoms with Gasteiger partial charge in [-0.2, -0.15) is 0 Å². The van der Waals surface area contributed by atoms with Gasteiger partial charge in [0.15, 0.2) is 0 Å². The molecule has 0 spiro atoms. The van der Waals surface area contributed by atoms with Crippen molar-refractivity contribution >= 4 is 17.0 Å². The summed E-state index contributed by atoms with van der Waals surface area (Å²) in [5.41, 5.74) is -1.80. The predicted molar refractivity (Wildman–Crippen MR) is 77.2 cm³/mol. The molecule has 1 aromatic carbocycles. The highest BCUT2D eigenvalue weighted by atomic mass is 19.1. The number of benzene rings is 1. The summed E-state index contributed by atoms with van der Waals surface area (Å²) in [4.78, 5) is 40.3. The molecule has 10 heteroatoms. The summed E-state index contributed by atoms with van der Waals surface area (Å²) in [5.74, 6) is -1.94. The summed E-state index contributed by atoms with van der Waals surface area (Å²) < 4.78 is 16.3. The molecular formula is C13H11FN4O5. The maximum absolute atomic E-state index is 14.1. The van der Waals surface area contributed by atoms with Gasteiger partial charge in [-0.1, -0.05) is 0 Å². The van der Waals surface area contributed by atoms with Gasteiger partial charge in [-0.3, -0.25) is 19.0 Å². The molecule has 0 unspecified atom stereocenters. The molecule has 0 atom stereocenters. The predicted octanol–water partition coefficient (Wildman–Crippen LogP) is -0.726. The minimum Gasteiger partial charge on any atom is -0.480 e. The lowest BCUT2D eigenvalue weighted by atomic mass is 10.2. The second-order valence-corrected chi connectivity index (χ2v) is 4.53. The molecule has 0 aliphatic rings. The van der Waals surface area contributed by atoms with E-state index in [0.717, 1.165) is 10.6 Å². The lowest BCUT2D eigenvalue weighted by Crippen LogP contribution is -2.37. The maximum Gasteiger partial charge on any atom is 0.323 e. The van der Waals surface area contributed by atoms with Crippen LogP contribution in [0.5, 0.6) is 0 Å². The maximum atomic E-state index is 14.1. The molecule has 0 bridgehead atoms. The highest BCUT2D eigenvalue weighted by Gasteiger charge is 2.14. The summed E-state index contributed by atoms with van der Waals surface area (Å²) in [6.45, 7) is -0.700. The quantitative estimate of drug-likeness (QED) is 0.612. The van der Waals surface area contributed by atoms with Crippen LogP contribution in [0.4, 0.5) is 4.39 Å². The molecule has 4 N–H and O–H groups in total. The van der Waals surface area contributed by atoms with Crippen LogP contribution < -0.4 is 11.1 Å². The molecule has 0 radical (unpaired) electrons. The third kappa shape index (κ3) is 2.74. The van der Waals surface area contributed by atoms with E-state index in [-0.39, 0.29) is 22.2 Å². The van der Waals surface area contributed by atoms with Gasteiger partial charge >= 0.3 is 17.1 Å². The van der Waals surface area contributed by atoms with Crippen molar-refractivity contribution < 1.29 is 19.8 Å². The zero-order valence-corrected chi connectivity index (χ0v) is 11.5. The molecule has 23 heavy (non-hydrogen) atoms. The first-order chi connectivity index (χ1) is 10.5. The number of carboxylic acid groups (broad SMARTS) is 1. The number of aromatic nitrogens is 4. The van der Waals surface area contributed by atoms with Crippen LogP contribution in [0.15, 0.2) is 40.4 Å². The Labute approximate surface area is 126 Å². The Morgan fingerprint density at radius 2 is 2.09 bits per heavy atom. The lowest BCUT2D eigenvalue weighted by molar-refractivity contribution is -0.137. The van der Waals surface area contributed by atoms with Gasteiger partial charge in [0.05, 0.1) is 23.0 Å². The van der Waals surface area contributed by atoms with E-state index in [1.807, 2.05) is 0 Å². The minimum absolute atomic E-state index is 0. The van der Waals surface area contributed by atoms with Crippen molar-refractivity contribution in [1.82, 2.24) is 19.1 Å². The van der Waals surface area contributed by atoms with Crippen LogP contribution in [0.2, 0.25) is 0 Å². The highest BCUT2D eigenvalue weighted by molar-refractivity contribution is 5.79. The van der Waals surface area contributed by atoms with Crippen LogP contribution in [0.1, 0.15) is 0 Å². The number of hydrogen-bond donors (Lipinski definition) is 2. The Balaban J connectivity index is 0.00000192. The molecular weight excluding hydrogens is 311 g/mol. The number of nitrogens with one attached hydrogen (secondary N) is 1. The van der Waals surface area contributed by atoms with E-state index in [9.17, 15) is 18.8 Å². The number of H-pyrrole nitrogens is 1. The van der Waals surface area contributed by atoms with Crippen molar-refractivity contribution in [3.63, 3.8) is 0 Å². The minimum atomic E-state index is -1.29. The average Bonchev–Trinajstić information content (AvgIpc) is 2.97. The normalized spacial score (nSPS) is 10.5. The highest BCUT2D eigenvalue weighted by Crippen LogP contribution is 2.19. The summed E-state index contributed by atoms with van der Waals surface area (Å²) in [6.07, 6.45) is 4.30. The first-order valence-corrected chi connectivity index (χ1v) is 6.14. The van der Waals surface area contributed by atoms with E-state index >= 15 is 0 Å². The number of aliphatic carboxylic acids is 1. The van der Waals surface area contributed by atoms with Crippen LogP contribution in [-0.4, -0.2) is 35.7 Å². The third-order valence-electron chi connectivity index (χ3n) is 3.12. The van der Waals surface area contributed by atoms with Gasteiger partial charge in [-0.25, -0.2) is 9.37 Å². The molecule has 120 valence electrons. The number of hydrogen-bond acceptors (Lipinski definition) is 4. The number of halogens is 1. The van der Waals surface area contributed by atoms with Gasteiger partial charge in [0.25, 0.3) is 0 Å². The molecule has 0 aliphatic carbocycles. The van der Waals surface area contributed by atoms with Crippen molar-refractivity contribution in [3.8, 4) is 5.69 Å². The van der Waals surface area contributed by atoms with Crippen molar-refractivity contribution in [2.75, 3.05) is 0 Å². The van der Waals surface area contributed by atoms with Gasteiger partial charge in [-0.05, 0) is 6.07 Å². The molecule has 2 heterocycles. The van der Waals surface area contributed by atoms with Gasteiger partial charge in [0.1, 0.15) is 12.4 Å². The van der Waals surface area contributed by atoms with E-state index < -0.39 is 29.4 Å². The average molecular weight is 322 g/mol. The number of nitrogens with zero attached hydrogens (tertiary/aromatic N) is 3. The topological polar surface area (TPSA) is 141 Å². The van der Waals surface area contributed by atoms with E-state index in [1.54, 1.807) is 0 Å². The van der Waals surface area contributed by atoms with E-state index in [1.165, 1.54) is 29.4 Å². The van der Waals surface area contributed by atoms with Gasteiger partial charge in [-0.15, -0.1) is 0 Å². The van der Waals surface area contributed by atoms with Crippen LogP contribution >= 0.6 is 0 Å². The molecule has 0 saturated heterocycles. The Kier molecular flexibility index (Phi) is 4.10. The lowest BCUT2D eigenvalue weighted by Gasteiger charge is -2.10. The van der Waals surface area contributed by atoms with Crippen molar-refractivity contribution in [2.45, 2.75) is 6.54 Å². The van der Waals surface area contributed by atoms with Gasteiger partial charge in [0.2, 0.25) is 0 Å².